The number of hydrogen-bond acceptors (Lipinski definition) is 6. The van der Waals surface area contributed by atoms with Gasteiger partial charge in [-0.25, -0.2) is 0 Å². The van der Waals surface area contributed by atoms with E-state index in [4.69, 9.17) is 14.2 Å². The molecule has 0 amide bonds. The van der Waals surface area contributed by atoms with Gasteiger partial charge in [-0.3, -0.25) is 14.4 Å². The molecule has 0 spiro atoms. The highest BCUT2D eigenvalue weighted by molar-refractivity contribution is 5.71. The second-order valence-electron chi connectivity index (χ2n) is 21.6. The van der Waals surface area contributed by atoms with E-state index in [2.05, 4.69) is 130 Å². The Bertz CT molecular complexity index is 1570. The molecule has 0 aliphatic heterocycles. The first-order chi connectivity index (χ1) is 38.5. The molecule has 0 saturated heterocycles. The van der Waals surface area contributed by atoms with E-state index in [0.717, 1.165) is 116 Å². The van der Waals surface area contributed by atoms with Crippen molar-refractivity contribution in [1.29, 1.82) is 0 Å². The second-order valence-corrected chi connectivity index (χ2v) is 21.6. The van der Waals surface area contributed by atoms with Crippen molar-refractivity contribution in [3.63, 3.8) is 0 Å². The van der Waals surface area contributed by atoms with E-state index in [1.54, 1.807) is 0 Å². The van der Waals surface area contributed by atoms with Crippen molar-refractivity contribution in [3.8, 4) is 0 Å². The zero-order chi connectivity index (χ0) is 56.4. The molecule has 0 rings (SSSR count). The van der Waals surface area contributed by atoms with Gasteiger partial charge in [-0.2, -0.15) is 0 Å². The minimum atomic E-state index is -0.820. The van der Waals surface area contributed by atoms with Crippen LogP contribution in [-0.4, -0.2) is 37.2 Å². The van der Waals surface area contributed by atoms with Crippen LogP contribution >= 0.6 is 0 Å². The van der Waals surface area contributed by atoms with Crippen molar-refractivity contribution >= 4 is 17.9 Å². The molecular formula is C72H122O6. The Morgan fingerprint density at radius 1 is 0.269 bits per heavy atom. The average molecular weight is 1080 g/mol. The quantitative estimate of drug-likeness (QED) is 0.0261. The van der Waals surface area contributed by atoms with E-state index in [1.807, 2.05) is 0 Å². The Morgan fingerprint density at radius 3 is 0.821 bits per heavy atom. The second kappa shape index (κ2) is 65.6. The fourth-order valence-corrected chi connectivity index (χ4v) is 9.18. The minimum Gasteiger partial charge on any atom is -0.462 e. The molecular weight excluding hydrogens is 961 g/mol. The van der Waals surface area contributed by atoms with Gasteiger partial charge in [-0.1, -0.05) is 304 Å². The molecule has 446 valence electrons. The summed E-state index contributed by atoms with van der Waals surface area (Å²) in [7, 11) is 0. The van der Waals surface area contributed by atoms with Crippen LogP contribution in [0.25, 0.3) is 0 Å². The van der Waals surface area contributed by atoms with E-state index >= 15 is 0 Å². The van der Waals surface area contributed by atoms with Crippen LogP contribution < -0.4 is 0 Å². The SMILES string of the molecule is CC/C=C\C/C=C\C/C=C\C/C=C\C/C=C\CCCC(=O)OC(COC(=O)CCCCCC/C=C\C/C=C\C/C=C\C/C=C\CC)COC(=O)CCCCCCCCCCCCCCCCCCCCCCCCCCCC. The monoisotopic (exact) mass is 1080 g/mol. The normalized spacial score (nSPS) is 12.8. The van der Waals surface area contributed by atoms with Gasteiger partial charge >= 0.3 is 17.9 Å². The lowest BCUT2D eigenvalue weighted by Crippen LogP contribution is -2.30. The topological polar surface area (TPSA) is 78.9 Å². The molecule has 0 heterocycles. The molecule has 0 aliphatic rings. The van der Waals surface area contributed by atoms with Gasteiger partial charge in [-0.15, -0.1) is 0 Å². The van der Waals surface area contributed by atoms with Crippen molar-refractivity contribution in [2.45, 2.75) is 316 Å². The standard InChI is InChI=1S/C72H122O6/c1-4-7-10-13-16-19-22-25-28-31-32-33-34-35-36-37-38-39-42-44-47-50-53-56-59-62-65-71(74)77-68-69(78-72(75)66-63-60-57-54-51-48-45-41-30-27-24-21-18-15-12-9-6-3)67-76-70(73)64-61-58-55-52-49-46-43-40-29-26-23-20-17-14-11-8-5-2/h8-9,11-12,17-18,20-21,26-27,29-30,43,45-46,48,54,57,69H,4-7,10,13-16,19,22-25,28,31-42,44,47,49-53,55-56,58-68H2,1-3H3/b11-8-,12-9-,20-17-,21-18-,29-26-,30-27-,46-43-,48-45-,57-54-. The smallest absolute Gasteiger partial charge is 0.306 e. The molecule has 1 unspecified atom stereocenters. The molecule has 0 saturated carbocycles. The highest BCUT2D eigenvalue weighted by atomic mass is 16.6. The molecule has 0 aliphatic carbocycles. The van der Waals surface area contributed by atoms with Gasteiger partial charge in [0.05, 0.1) is 0 Å². The maximum Gasteiger partial charge on any atom is 0.306 e. The van der Waals surface area contributed by atoms with Crippen LogP contribution in [0.1, 0.15) is 310 Å². The Morgan fingerprint density at radius 2 is 0.513 bits per heavy atom. The molecule has 0 radical (unpaired) electrons. The van der Waals surface area contributed by atoms with Crippen molar-refractivity contribution in [2.24, 2.45) is 0 Å². The number of hydrogen-bond donors (Lipinski definition) is 0. The van der Waals surface area contributed by atoms with Gasteiger partial charge in [-0.05, 0) is 96.3 Å². The summed E-state index contributed by atoms with van der Waals surface area (Å²) >= 11 is 0. The van der Waals surface area contributed by atoms with Crippen LogP contribution in [0.15, 0.2) is 109 Å². The van der Waals surface area contributed by atoms with Crippen LogP contribution in [-0.2, 0) is 28.6 Å². The number of unbranched alkanes of at least 4 members (excludes halogenated alkanes) is 30. The summed E-state index contributed by atoms with van der Waals surface area (Å²) in [4.78, 5) is 38.3. The summed E-state index contributed by atoms with van der Waals surface area (Å²) < 4.78 is 16.9. The Labute approximate surface area is 482 Å². The third kappa shape index (κ3) is 62.9. The molecule has 0 aromatic carbocycles. The number of ether oxygens (including phenoxy) is 3. The zero-order valence-corrected chi connectivity index (χ0v) is 51.2. The fraction of sp³-hybridized carbons (Fsp3) is 0.708. The van der Waals surface area contributed by atoms with Gasteiger partial charge < -0.3 is 14.2 Å². The largest absolute Gasteiger partial charge is 0.462 e. The predicted octanol–water partition coefficient (Wildman–Crippen LogP) is 22.6. The molecule has 0 fully saturated rings. The van der Waals surface area contributed by atoms with Gasteiger partial charge in [0.1, 0.15) is 13.2 Å². The zero-order valence-electron chi connectivity index (χ0n) is 51.2. The highest BCUT2D eigenvalue weighted by Gasteiger charge is 2.19. The molecule has 78 heavy (non-hydrogen) atoms. The number of esters is 3. The van der Waals surface area contributed by atoms with E-state index in [1.165, 1.54) is 148 Å². The summed E-state index contributed by atoms with van der Waals surface area (Å²) in [6.45, 7) is 6.38. The molecule has 1 atom stereocenters. The first-order valence-electron chi connectivity index (χ1n) is 32.9. The first kappa shape index (κ1) is 74.1. The number of allylic oxidation sites excluding steroid dienone is 18. The van der Waals surface area contributed by atoms with Crippen LogP contribution in [0.4, 0.5) is 0 Å². The Kier molecular flexibility index (Phi) is 62.3. The summed E-state index contributed by atoms with van der Waals surface area (Å²) in [5, 5.41) is 0. The molecule has 0 N–H and O–H groups in total. The Hall–Kier alpha value is -3.93. The summed E-state index contributed by atoms with van der Waals surface area (Å²) in [5.74, 6) is -0.983. The van der Waals surface area contributed by atoms with Gasteiger partial charge in [0.15, 0.2) is 6.10 Å². The summed E-state index contributed by atoms with van der Waals surface area (Å²) in [6, 6.07) is 0. The van der Waals surface area contributed by atoms with Crippen LogP contribution in [0, 0.1) is 0 Å². The van der Waals surface area contributed by atoms with Gasteiger partial charge in [0, 0.05) is 19.3 Å². The maximum absolute atomic E-state index is 12.9. The molecule has 6 heteroatoms. The average Bonchev–Trinajstić information content (AvgIpc) is 3.44. The lowest BCUT2D eigenvalue weighted by atomic mass is 10.0. The first-order valence-corrected chi connectivity index (χ1v) is 32.9. The molecule has 0 aromatic rings. The number of carbonyl (C=O) groups is 3. The van der Waals surface area contributed by atoms with E-state index in [-0.39, 0.29) is 37.5 Å². The third-order valence-corrected chi connectivity index (χ3v) is 14.0. The fourth-order valence-electron chi connectivity index (χ4n) is 9.18. The van der Waals surface area contributed by atoms with E-state index in [0.29, 0.717) is 19.3 Å². The molecule has 6 nitrogen and oxygen atoms in total. The third-order valence-electron chi connectivity index (χ3n) is 14.0. The van der Waals surface area contributed by atoms with Gasteiger partial charge in [0.2, 0.25) is 0 Å². The van der Waals surface area contributed by atoms with Crippen molar-refractivity contribution in [3.05, 3.63) is 109 Å². The Balaban J connectivity index is 4.38. The lowest BCUT2D eigenvalue weighted by Gasteiger charge is -2.18. The predicted molar refractivity (Wildman–Crippen MR) is 339 cm³/mol. The molecule has 0 bridgehead atoms. The van der Waals surface area contributed by atoms with Crippen molar-refractivity contribution < 1.29 is 28.6 Å². The molecule has 0 aromatic heterocycles. The van der Waals surface area contributed by atoms with Crippen LogP contribution in [0.2, 0.25) is 0 Å². The van der Waals surface area contributed by atoms with Crippen LogP contribution in [0.5, 0.6) is 0 Å². The lowest BCUT2D eigenvalue weighted by molar-refractivity contribution is -0.167. The highest BCUT2D eigenvalue weighted by Crippen LogP contribution is 2.17. The summed E-state index contributed by atoms with van der Waals surface area (Å²) in [5.41, 5.74) is 0. The van der Waals surface area contributed by atoms with Gasteiger partial charge in [0.25, 0.3) is 0 Å². The maximum atomic E-state index is 12.9. The van der Waals surface area contributed by atoms with Crippen molar-refractivity contribution in [1.82, 2.24) is 0 Å². The summed E-state index contributed by atoms with van der Waals surface area (Å²) in [6.07, 6.45) is 89.8. The van der Waals surface area contributed by atoms with Crippen LogP contribution in [0.3, 0.4) is 0 Å². The minimum absolute atomic E-state index is 0.108. The number of carbonyl (C=O) groups excluding carboxylic acids is 3. The van der Waals surface area contributed by atoms with E-state index < -0.39 is 6.10 Å². The van der Waals surface area contributed by atoms with E-state index in [9.17, 15) is 14.4 Å². The number of rotatable bonds is 59. The van der Waals surface area contributed by atoms with Crippen molar-refractivity contribution in [2.75, 3.05) is 13.2 Å².